The Morgan fingerprint density at radius 2 is 1.73 bits per heavy atom. The van der Waals surface area contributed by atoms with E-state index in [0.29, 0.717) is 30.8 Å². The Morgan fingerprint density at radius 3 is 2.61 bits per heavy atom. The Balaban J connectivity index is 1.07. The number of nitrogens with zero attached hydrogens (tertiary/aromatic N) is 3. The van der Waals surface area contributed by atoms with Crippen LogP contribution in [0.3, 0.4) is 0 Å². The second kappa shape index (κ2) is 9.71. The van der Waals surface area contributed by atoms with Gasteiger partial charge in [-0.2, -0.15) is 0 Å². The lowest BCUT2D eigenvalue weighted by Crippen LogP contribution is -2.46. The zero-order valence-electron chi connectivity index (χ0n) is 18.9. The van der Waals surface area contributed by atoms with Gasteiger partial charge in [-0.25, -0.2) is 4.98 Å². The zero-order valence-corrected chi connectivity index (χ0v) is 18.9. The quantitative estimate of drug-likeness (QED) is 0.437. The van der Waals surface area contributed by atoms with Gasteiger partial charge in [0.05, 0.1) is 0 Å². The topological polar surface area (TPSA) is 65.5 Å². The molecule has 2 aliphatic rings. The number of aryl methyl sites for hydroxylation is 1. The van der Waals surface area contributed by atoms with E-state index in [0.717, 1.165) is 51.1 Å². The minimum absolute atomic E-state index is 0.0276. The third-order valence-electron chi connectivity index (χ3n) is 6.75. The molecule has 0 aliphatic carbocycles. The summed E-state index contributed by atoms with van der Waals surface area (Å²) in [6, 6.07) is 18.8. The van der Waals surface area contributed by atoms with E-state index in [1.54, 1.807) is 6.07 Å². The van der Waals surface area contributed by atoms with Crippen molar-refractivity contribution in [3.8, 4) is 0 Å². The number of benzene rings is 2. The third-order valence-corrected chi connectivity index (χ3v) is 6.75. The van der Waals surface area contributed by atoms with Gasteiger partial charge in [0.15, 0.2) is 5.78 Å². The molecule has 3 heterocycles. The Labute approximate surface area is 194 Å². The number of nitrogens with one attached hydrogen (secondary N) is 1. The number of amides is 1. The maximum Gasteiger partial charge on any atom is 0.225 e. The van der Waals surface area contributed by atoms with Gasteiger partial charge in [-0.3, -0.25) is 14.5 Å². The average molecular weight is 443 g/mol. The van der Waals surface area contributed by atoms with Crippen LogP contribution in [0.1, 0.15) is 41.7 Å². The van der Waals surface area contributed by atoms with Crippen molar-refractivity contribution in [3.63, 3.8) is 0 Å². The number of hydrogen-bond donors (Lipinski definition) is 1. The maximum atomic E-state index is 12.6. The van der Waals surface area contributed by atoms with Crippen LogP contribution in [0.25, 0.3) is 10.8 Å². The number of pyridine rings is 1. The van der Waals surface area contributed by atoms with Crippen molar-refractivity contribution in [1.82, 2.24) is 9.88 Å². The Bertz CT molecular complexity index is 1160. The Morgan fingerprint density at radius 1 is 0.909 bits per heavy atom. The summed E-state index contributed by atoms with van der Waals surface area (Å²) in [5, 5.41) is 5.39. The summed E-state index contributed by atoms with van der Waals surface area (Å²) < 4.78 is 0. The molecule has 0 radical (unpaired) electrons. The number of aromatic nitrogens is 1. The second-order valence-electron chi connectivity index (χ2n) is 8.96. The van der Waals surface area contributed by atoms with Crippen molar-refractivity contribution < 1.29 is 9.59 Å². The van der Waals surface area contributed by atoms with E-state index in [9.17, 15) is 9.59 Å². The molecule has 2 aromatic carbocycles. The van der Waals surface area contributed by atoms with E-state index in [1.165, 1.54) is 16.5 Å². The van der Waals surface area contributed by atoms with Gasteiger partial charge in [-0.05, 0) is 48.9 Å². The third kappa shape index (κ3) is 4.91. The van der Waals surface area contributed by atoms with Gasteiger partial charge < -0.3 is 10.2 Å². The first-order valence-corrected chi connectivity index (χ1v) is 12.0. The molecule has 6 heteroatoms. The van der Waals surface area contributed by atoms with E-state index in [1.807, 2.05) is 6.07 Å². The highest BCUT2D eigenvalue weighted by Gasteiger charge is 2.20. The van der Waals surface area contributed by atoms with Crippen molar-refractivity contribution in [2.45, 2.75) is 32.1 Å². The highest BCUT2D eigenvalue weighted by molar-refractivity contribution is 5.97. The molecule has 0 spiro atoms. The summed E-state index contributed by atoms with van der Waals surface area (Å²) in [4.78, 5) is 33.5. The molecule has 0 atom stereocenters. The summed E-state index contributed by atoms with van der Waals surface area (Å²) in [5.41, 5.74) is 2.79. The summed E-state index contributed by atoms with van der Waals surface area (Å²) in [7, 11) is 0. The van der Waals surface area contributed by atoms with Crippen LogP contribution in [0.5, 0.6) is 0 Å². The molecule has 0 bridgehead atoms. The first kappa shape index (κ1) is 21.6. The van der Waals surface area contributed by atoms with Crippen LogP contribution in [0.4, 0.5) is 11.5 Å². The number of hydrogen-bond acceptors (Lipinski definition) is 5. The Hall–Kier alpha value is -3.25. The molecule has 1 aromatic heterocycles. The number of rotatable bonds is 7. The fraction of sp³-hybridized carbons (Fsp3) is 0.370. The van der Waals surface area contributed by atoms with E-state index in [2.05, 4.69) is 62.6 Å². The minimum Gasteiger partial charge on any atom is -0.368 e. The van der Waals surface area contributed by atoms with E-state index >= 15 is 0 Å². The van der Waals surface area contributed by atoms with Gasteiger partial charge in [0.25, 0.3) is 0 Å². The zero-order chi connectivity index (χ0) is 22.6. The molecule has 1 saturated heterocycles. The number of ketones is 1. The molecule has 5 rings (SSSR count). The molecular formula is C27H30N4O2. The molecule has 33 heavy (non-hydrogen) atoms. The number of carbonyl (C=O) groups is 2. The van der Waals surface area contributed by atoms with Gasteiger partial charge in [-0.1, -0.05) is 42.5 Å². The van der Waals surface area contributed by atoms with Crippen LogP contribution >= 0.6 is 0 Å². The number of fused-ring (bicyclic) bond motifs is 2. The van der Waals surface area contributed by atoms with Crippen molar-refractivity contribution in [2.75, 3.05) is 42.9 Å². The van der Waals surface area contributed by atoms with Crippen molar-refractivity contribution in [1.29, 1.82) is 0 Å². The van der Waals surface area contributed by atoms with Crippen molar-refractivity contribution in [3.05, 3.63) is 65.9 Å². The highest BCUT2D eigenvalue weighted by atomic mass is 16.1. The minimum atomic E-state index is -0.0276. The lowest BCUT2D eigenvalue weighted by molar-refractivity contribution is -0.116. The van der Waals surface area contributed by atoms with Crippen LogP contribution in [0.15, 0.2) is 54.6 Å². The maximum absolute atomic E-state index is 12.6. The summed E-state index contributed by atoms with van der Waals surface area (Å²) in [6.45, 7) is 5.16. The number of unbranched alkanes of at least 4 members (excludes halogenated alkanes) is 1. The standard InChI is InChI=1S/C27H30N4O2/c32-25(23-13-11-21-12-14-26(33)29-27(21)28-23)10-3-4-15-30-16-18-31(19-17-30)24-9-5-7-20-6-1-2-8-22(20)24/h1-2,5-9,11,13H,3-4,10,12,14-19H2,(H,28,29,33). The molecule has 1 amide bonds. The predicted molar refractivity (Wildman–Crippen MR) is 132 cm³/mol. The molecule has 1 N–H and O–H groups in total. The van der Waals surface area contributed by atoms with Gasteiger partial charge in [-0.15, -0.1) is 0 Å². The van der Waals surface area contributed by atoms with Gasteiger partial charge in [0, 0.05) is 50.1 Å². The lowest BCUT2D eigenvalue weighted by Gasteiger charge is -2.36. The summed E-state index contributed by atoms with van der Waals surface area (Å²) in [6.07, 6.45) is 3.53. The van der Waals surface area contributed by atoms with Crippen LogP contribution in [-0.4, -0.2) is 54.3 Å². The largest absolute Gasteiger partial charge is 0.368 e. The first-order chi connectivity index (χ1) is 16.2. The molecule has 0 unspecified atom stereocenters. The number of Topliss-reactive ketones (excluding diaryl/α,β-unsaturated/α-hetero) is 1. The Kier molecular flexibility index (Phi) is 6.35. The molecule has 3 aromatic rings. The molecule has 0 saturated carbocycles. The number of carbonyl (C=O) groups excluding carboxylic acids is 2. The van der Waals surface area contributed by atoms with Crippen molar-refractivity contribution in [2.24, 2.45) is 0 Å². The fourth-order valence-corrected chi connectivity index (χ4v) is 4.84. The van der Waals surface area contributed by atoms with Crippen molar-refractivity contribution >= 4 is 34.0 Å². The first-order valence-electron chi connectivity index (χ1n) is 12.0. The molecule has 2 aliphatic heterocycles. The van der Waals surface area contributed by atoms with Crippen LogP contribution in [0.2, 0.25) is 0 Å². The van der Waals surface area contributed by atoms with Gasteiger partial charge in [0.1, 0.15) is 11.5 Å². The number of piperazine rings is 1. The van der Waals surface area contributed by atoms with Gasteiger partial charge >= 0.3 is 0 Å². The highest BCUT2D eigenvalue weighted by Crippen LogP contribution is 2.27. The van der Waals surface area contributed by atoms with Gasteiger partial charge in [0.2, 0.25) is 5.91 Å². The molecular weight excluding hydrogens is 412 g/mol. The molecule has 170 valence electrons. The second-order valence-corrected chi connectivity index (χ2v) is 8.96. The average Bonchev–Trinajstić information content (AvgIpc) is 2.86. The number of anilines is 2. The summed E-state index contributed by atoms with van der Waals surface area (Å²) in [5.74, 6) is 0.583. The van der Waals surface area contributed by atoms with Crippen LogP contribution < -0.4 is 10.2 Å². The van der Waals surface area contributed by atoms with E-state index in [4.69, 9.17) is 0 Å². The SMILES string of the molecule is O=C1CCc2ccc(C(=O)CCCCN3CCN(c4cccc5ccccc45)CC3)nc2N1. The predicted octanol–water partition coefficient (Wildman–Crippen LogP) is 4.29. The monoisotopic (exact) mass is 442 g/mol. The van der Waals surface area contributed by atoms with Crippen LogP contribution in [0, 0.1) is 0 Å². The van der Waals surface area contributed by atoms with Crippen LogP contribution in [-0.2, 0) is 11.2 Å². The normalized spacial score (nSPS) is 16.5. The smallest absolute Gasteiger partial charge is 0.225 e. The summed E-state index contributed by atoms with van der Waals surface area (Å²) >= 11 is 0. The van der Waals surface area contributed by atoms with E-state index in [-0.39, 0.29) is 11.7 Å². The lowest BCUT2D eigenvalue weighted by atomic mass is 10.0. The molecule has 1 fully saturated rings. The fourth-order valence-electron chi connectivity index (χ4n) is 4.84. The molecule has 6 nitrogen and oxygen atoms in total. The van der Waals surface area contributed by atoms with E-state index < -0.39 is 0 Å².